The van der Waals surface area contributed by atoms with Crippen LogP contribution in [-0.4, -0.2) is 37.2 Å². The van der Waals surface area contributed by atoms with Gasteiger partial charge in [-0.3, -0.25) is 9.59 Å². The van der Waals surface area contributed by atoms with Crippen molar-refractivity contribution >= 4 is 25.7 Å². The molecule has 0 aromatic rings. The first-order chi connectivity index (χ1) is 20.5. The van der Waals surface area contributed by atoms with E-state index >= 15 is 0 Å². The molecule has 0 aliphatic carbocycles. The summed E-state index contributed by atoms with van der Waals surface area (Å²) in [6.07, 6.45) is 12.6. The van der Waals surface area contributed by atoms with Crippen LogP contribution in [0.5, 0.6) is 0 Å². The molecule has 0 saturated heterocycles. The molecule has 10 nitrogen and oxygen atoms in total. The largest absolute Gasteiger partial charge is 1.00 e. The first-order valence-electron chi connectivity index (χ1n) is 14.2. The number of phosphoric ester groups is 1. The van der Waals surface area contributed by atoms with E-state index in [1.165, 1.54) is 58.3 Å². The van der Waals surface area contributed by atoms with Crippen LogP contribution in [0.3, 0.4) is 0 Å². The molecule has 0 aliphatic heterocycles. The van der Waals surface area contributed by atoms with Gasteiger partial charge < -0.3 is 34.1 Å². The van der Waals surface area contributed by atoms with Gasteiger partial charge in [-0.05, 0) is 60.7 Å². The molecule has 0 heterocycles. The maximum absolute atomic E-state index is 12.1. The summed E-state index contributed by atoms with van der Waals surface area (Å²) < 4.78 is 25.0. The van der Waals surface area contributed by atoms with Crippen LogP contribution >= 0.6 is 7.82 Å². The zero-order valence-electron chi connectivity index (χ0n) is 27.4. The summed E-state index contributed by atoms with van der Waals surface area (Å²) in [5.41, 5.74) is 4.47. The summed E-state index contributed by atoms with van der Waals surface area (Å²) in [7, 11) is -5.31. The molecular formula is C32H60NNa2O9P. The minimum atomic E-state index is -5.31. The normalized spacial score (nSPS) is 9.53. The number of hydrogen-bond acceptors (Lipinski definition) is 9. The Bertz CT molecular complexity index is 1220. The van der Waals surface area contributed by atoms with Crippen LogP contribution in [0.25, 0.3) is 0 Å². The third-order valence-electron chi connectivity index (χ3n) is 5.08. The van der Waals surface area contributed by atoms with Crippen LogP contribution in [0.4, 0.5) is 0 Å². The van der Waals surface area contributed by atoms with Gasteiger partial charge in [0.05, 0.1) is 14.4 Å². The van der Waals surface area contributed by atoms with Gasteiger partial charge >= 0.3 is 71.1 Å². The second kappa shape index (κ2) is 36.8. The van der Waals surface area contributed by atoms with Crippen molar-refractivity contribution in [1.82, 2.24) is 0 Å². The van der Waals surface area contributed by atoms with E-state index in [1.807, 2.05) is 0 Å². The minimum absolute atomic E-state index is 0. The molecule has 0 fully saturated rings. The molecule has 0 aromatic carbocycles. The molecule has 0 radical (unpaired) electrons. The molecule has 0 aromatic heterocycles. The third-order valence-corrected chi connectivity index (χ3v) is 5.54. The summed E-state index contributed by atoms with van der Waals surface area (Å²) in [5, 5.41) is 0. The van der Waals surface area contributed by atoms with Crippen LogP contribution in [-0.2, 0) is 32.9 Å². The summed E-state index contributed by atoms with van der Waals surface area (Å²) in [5.74, 6) is 21.9. The fourth-order valence-corrected chi connectivity index (χ4v) is 3.53. The molecule has 0 rings (SSSR count). The van der Waals surface area contributed by atoms with Crippen molar-refractivity contribution < 1.29 is 115 Å². The molecule has 0 spiro atoms. The van der Waals surface area contributed by atoms with Crippen molar-refractivity contribution in [2.75, 3.05) is 13.2 Å². The van der Waals surface area contributed by atoms with Gasteiger partial charge in [-0.1, -0.05) is 83.5 Å². The van der Waals surface area contributed by atoms with E-state index in [-0.39, 0.29) is 84.3 Å². The first kappa shape index (κ1) is 50.2. The van der Waals surface area contributed by atoms with E-state index in [0.717, 1.165) is 19.3 Å². The Morgan fingerprint density at radius 2 is 1.18 bits per heavy atom. The molecule has 1 amide bonds. The van der Waals surface area contributed by atoms with E-state index in [1.54, 1.807) is 6.92 Å². The average Bonchev–Trinajstić information content (AvgIpc) is 2.93. The SMILES string of the molecule is CC#CC#CC#CC#CC#CC(=O)OC[C@H](COP(=O)([O-])[O-])OC(=O)CCCCCCCCCCCCCC.CC(N)=O.[HH].[HH].[HH].[HH].[HH].[HH].[HH].[HH].[HH].[Na+].[Na+]. The van der Waals surface area contributed by atoms with Crippen molar-refractivity contribution in [2.24, 2.45) is 5.73 Å². The number of unbranched alkanes of at least 4 members (excludes halogenated alkanes) is 11. The van der Waals surface area contributed by atoms with Crippen LogP contribution < -0.4 is 74.6 Å². The number of esters is 2. The number of nitrogens with two attached hydrogens (primary N) is 1. The summed E-state index contributed by atoms with van der Waals surface area (Å²) >= 11 is 0. The quantitative estimate of drug-likeness (QED) is 0.0456. The monoisotopic (exact) mass is 679 g/mol. The molecule has 0 saturated carbocycles. The fraction of sp³-hybridized carbons (Fsp3) is 0.594. The summed E-state index contributed by atoms with van der Waals surface area (Å²) in [6.45, 7) is 3.85. The number of carbonyl (C=O) groups is 3. The second-order valence-electron chi connectivity index (χ2n) is 9.08. The van der Waals surface area contributed by atoms with Crippen molar-refractivity contribution in [3.63, 3.8) is 0 Å². The topological polar surface area (TPSA) is 168 Å². The number of ether oxygens (including phenoxy) is 2. The number of hydrogen-bond donors (Lipinski definition) is 1. The van der Waals surface area contributed by atoms with Crippen molar-refractivity contribution in [2.45, 2.75) is 110 Å². The van der Waals surface area contributed by atoms with Gasteiger partial charge in [-0.15, -0.1) is 0 Å². The summed E-state index contributed by atoms with van der Waals surface area (Å²) in [4.78, 5) is 54.7. The molecule has 0 aliphatic rings. The summed E-state index contributed by atoms with van der Waals surface area (Å²) in [6, 6.07) is 0. The number of amides is 1. The van der Waals surface area contributed by atoms with Crippen LogP contribution in [0.2, 0.25) is 0 Å². The van der Waals surface area contributed by atoms with Gasteiger partial charge in [0.25, 0.3) is 0 Å². The van der Waals surface area contributed by atoms with E-state index in [9.17, 15) is 28.7 Å². The van der Waals surface area contributed by atoms with Gasteiger partial charge in [0.2, 0.25) is 5.91 Å². The predicted octanol–water partition coefficient (Wildman–Crippen LogP) is -0.872. The maximum atomic E-state index is 12.1. The van der Waals surface area contributed by atoms with E-state index < -0.39 is 39.1 Å². The molecule has 1 atom stereocenters. The smallest absolute Gasteiger partial charge is 0.790 e. The standard InChI is InChI=1S/C30H39O8P.C2H5NO.2Na.9H2/c1-3-5-7-9-11-13-14-15-17-19-21-23-25-30(32)38-28(27-37-39(33,34)35)26-36-29(31)24-22-20-18-16-12-10-8-6-4-2;1-2(3)4;;;;;;;;;;;/h28H,3,5,7,9,11,13-15,17,19,21,23,25-27H2,1-2H3,(H2,33,34,35);1H3,(H2,3,4);;;9*1H/q;;2*+1;;;;;;;;;/p-2/t28-;;;;;;;;;;;;/m1............/s1. The molecule has 0 bridgehead atoms. The molecule has 0 unspecified atom stereocenters. The van der Waals surface area contributed by atoms with Crippen molar-refractivity contribution in [3.8, 4) is 59.2 Å². The van der Waals surface area contributed by atoms with E-state index in [2.05, 4.69) is 76.4 Å². The molecule has 2 N–H and O–H groups in total. The Labute approximate surface area is 327 Å². The van der Waals surface area contributed by atoms with Gasteiger partial charge in [0, 0.05) is 32.1 Å². The minimum Gasteiger partial charge on any atom is -0.790 e. The Hall–Kier alpha value is -1.68. The number of phosphoric acid groups is 1. The number of carbonyl (C=O) groups excluding carboxylic acids is 3. The van der Waals surface area contributed by atoms with Crippen molar-refractivity contribution in [3.05, 3.63) is 0 Å². The fourth-order valence-electron chi connectivity index (χ4n) is 3.18. The molecule has 13 heteroatoms. The first-order valence-corrected chi connectivity index (χ1v) is 15.7. The van der Waals surface area contributed by atoms with Crippen LogP contribution in [0.1, 0.15) is 117 Å². The second-order valence-corrected chi connectivity index (χ2v) is 10.2. The molecular weight excluding hydrogens is 619 g/mol. The Morgan fingerprint density at radius 3 is 1.62 bits per heavy atom. The maximum Gasteiger partial charge on any atom is 1.00 e. The zero-order chi connectivity index (χ0) is 32.6. The Morgan fingerprint density at radius 1 is 0.756 bits per heavy atom. The predicted molar refractivity (Wildman–Crippen MR) is 179 cm³/mol. The van der Waals surface area contributed by atoms with Crippen molar-refractivity contribution in [1.29, 1.82) is 0 Å². The van der Waals surface area contributed by atoms with E-state index in [4.69, 9.17) is 9.47 Å². The van der Waals surface area contributed by atoms with Crippen LogP contribution in [0.15, 0.2) is 0 Å². The van der Waals surface area contributed by atoms with Gasteiger partial charge in [0.1, 0.15) is 6.61 Å². The van der Waals surface area contributed by atoms with Crippen LogP contribution in [0, 0.1) is 59.2 Å². The molecule has 45 heavy (non-hydrogen) atoms. The van der Waals surface area contributed by atoms with Gasteiger partial charge in [-0.2, -0.15) is 0 Å². The van der Waals surface area contributed by atoms with Gasteiger partial charge in [0.15, 0.2) is 6.10 Å². The Kier molecular flexibility index (Phi) is 41.0. The Balaban J connectivity index is -0.0000000967. The average molecular weight is 680 g/mol. The van der Waals surface area contributed by atoms with E-state index in [0.29, 0.717) is 6.42 Å². The molecule has 254 valence electrons. The number of rotatable bonds is 19. The van der Waals surface area contributed by atoms with Gasteiger partial charge in [-0.25, -0.2) is 4.79 Å². The zero-order valence-corrected chi connectivity index (χ0v) is 32.3. The number of primary amides is 1. The third kappa shape index (κ3) is 46.9.